The quantitative estimate of drug-likeness (QED) is 0.844. The van der Waals surface area contributed by atoms with Crippen molar-refractivity contribution in [1.82, 2.24) is 15.1 Å². The van der Waals surface area contributed by atoms with Gasteiger partial charge >= 0.3 is 0 Å². The van der Waals surface area contributed by atoms with Crippen molar-refractivity contribution >= 4 is 11.6 Å². The highest BCUT2D eigenvalue weighted by atomic mass is 35.5. The molecule has 2 aliphatic rings. The number of morpholine rings is 1. The molecule has 5 nitrogen and oxygen atoms in total. The largest absolute Gasteiger partial charge is 0.491 e. The summed E-state index contributed by atoms with van der Waals surface area (Å²) in [6.07, 6.45) is 0. The van der Waals surface area contributed by atoms with Gasteiger partial charge < -0.3 is 14.8 Å². The number of hydrogen-bond donors (Lipinski definition) is 1. The Labute approximate surface area is 149 Å². The van der Waals surface area contributed by atoms with Gasteiger partial charge in [-0.05, 0) is 24.6 Å². The summed E-state index contributed by atoms with van der Waals surface area (Å²) in [5.41, 5.74) is 1.25. The monoisotopic (exact) mass is 353 g/mol. The van der Waals surface area contributed by atoms with E-state index in [9.17, 15) is 0 Å². The van der Waals surface area contributed by atoms with Gasteiger partial charge in [0.1, 0.15) is 12.4 Å². The van der Waals surface area contributed by atoms with Crippen LogP contribution in [-0.2, 0) is 11.3 Å². The van der Waals surface area contributed by atoms with E-state index in [1.807, 2.05) is 12.1 Å². The highest BCUT2D eigenvalue weighted by Gasteiger charge is 2.16. The molecule has 1 aromatic rings. The third kappa shape index (κ3) is 5.33. The van der Waals surface area contributed by atoms with Gasteiger partial charge in [-0.15, -0.1) is 0 Å². The Kier molecular flexibility index (Phi) is 6.75. The van der Waals surface area contributed by atoms with Crippen molar-refractivity contribution in [2.24, 2.45) is 0 Å². The highest BCUT2D eigenvalue weighted by molar-refractivity contribution is 6.32. The Morgan fingerprint density at radius 1 is 1.25 bits per heavy atom. The number of nitrogens with zero attached hydrogens (tertiary/aromatic N) is 2. The first-order valence-electron chi connectivity index (χ1n) is 8.88. The highest BCUT2D eigenvalue weighted by Crippen LogP contribution is 2.26. The molecule has 24 heavy (non-hydrogen) atoms. The zero-order chi connectivity index (χ0) is 16.8. The van der Waals surface area contributed by atoms with Crippen LogP contribution in [0.15, 0.2) is 18.2 Å². The summed E-state index contributed by atoms with van der Waals surface area (Å²) >= 11 is 6.41. The average Bonchev–Trinajstić information content (AvgIpc) is 2.58. The maximum atomic E-state index is 6.41. The molecule has 0 spiro atoms. The fourth-order valence-corrected chi connectivity index (χ4v) is 3.54. The van der Waals surface area contributed by atoms with Gasteiger partial charge in [-0.2, -0.15) is 0 Å². The molecule has 2 aliphatic heterocycles. The fourth-order valence-electron chi connectivity index (χ4n) is 3.28. The minimum Gasteiger partial charge on any atom is -0.491 e. The van der Waals surface area contributed by atoms with Crippen LogP contribution in [0.25, 0.3) is 0 Å². The van der Waals surface area contributed by atoms with Crippen LogP contribution in [0.1, 0.15) is 12.5 Å². The van der Waals surface area contributed by atoms with Crippen molar-refractivity contribution in [3.05, 3.63) is 28.8 Å². The number of benzene rings is 1. The number of rotatable bonds is 6. The molecule has 0 saturated carbocycles. The van der Waals surface area contributed by atoms with Crippen LogP contribution in [0.5, 0.6) is 5.75 Å². The van der Waals surface area contributed by atoms with Crippen molar-refractivity contribution < 1.29 is 9.47 Å². The van der Waals surface area contributed by atoms with E-state index in [4.69, 9.17) is 21.1 Å². The summed E-state index contributed by atoms with van der Waals surface area (Å²) in [5.74, 6) is 0.780. The molecule has 0 bridgehead atoms. The van der Waals surface area contributed by atoms with E-state index in [-0.39, 0.29) is 0 Å². The van der Waals surface area contributed by atoms with Crippen LogP contribution in [0, 0.1) is 0 Å². The molecular formula is C18H28ClN3O2. The van der Waals surface area contributed by atoms with Gasteiger partial charge in [-0.25, -0.2) is 0 Å². The van der Waals surface area contributed by atoms with Crippen LogP contribution < -0.4 is 10.1 Å². The predicted molar refractivity (Wildman–Crippen MR) is 96.9 cm³/mol. The van der Waals surface area contributed by atoms with E-state index in [0.29, 0.717) is 17.7 Å². The van der Waals surface area contributed by atoms with E-state index in [0.717, 1.165) is 64.8 Å². The standard InChI is InChI=1S/C18H28ClN3O2/c1-15-13-22(5-4-20-15)14-16-2-3-18(17(19)12-16)24-11-8-21-6-9-23-10-7-21/h2-3,12,15,20H,4-11,13-14H2,1H3/t15-/m1/s1. The lowest BCUT2D eigenvalue weighted by molar-refractivity contribution is 0.0322. The normalized spacial score (nSPS) is 23.3. The van der Waals surface area contributed by atoms with Gasteiger partial charge in [0, 0.05) is 51.9 Å². The van der Waals surface area contributed by atoms with Crippen molar-refractivity contribution in [3.63, 3.8) is 0 Å². The molecule has 0 radical (unpaired) electrons. The first-order chi connectivity index (χ1) is 11.7. The molecule has 134 valence electrons. The van der Waals surface area contributed by atoms with Crippen molar-refractivity contribution in [1.29, 1.82) is 0 Å². The van der Waals surface area contributed by atoms with E-state index in [2.05, 4.69) is 28.1 Å². The Balaban J connectivity index is 1.47. The van der Waals surface area contributed by atoms with Crippen LogP contribution in [0.4, 0.5) is 0 Å². The number of nitrogens with one attached hydrogen (secondary N) is 1. The summed E-state index contributed by atoms with van der Waals surface area (Å²) in [7, 11) is 0. The molecule has 2 saturated heterocycles. The Morgan fingerprint density at radius 3 is 2.83 bits per heavy atom. The number of ether oxygens (including phenoxy) is 2. The second-order valence-corrected chi connectivity index (χ2v) is 7.06. The summed E-state index contributed by atoms with van der Waals surface area (Å²) < 4.78 is 11.2. The first-order valence-corrected chi connectivity index (χ1v) is 9.25. The van der Waals surface area contributed by atoms with Crippen molar-refractivity contribution in [2.75, 3.05) is 59.1 Å². The zero-order valence-electron chi connectivity index (χ0n) is 14.5. The van der Waals surface area contributed by atoms with E-state index in [1.165, 1.54) is 5.56 Å². The van der Waals surface area contributed by atoms with E-state index in [1.54, 1.807) is 0 Å². The second-order valence-electron chi connectivity index (χ2n) is 6.66. The molecular weight excluding hydrogens is 326 g/mol. The second kappa shape index (κ2) is 9.02. The molecule has 0 aromatic heterocycles. The third-order valence-electron chi connectivity index (χ3n) is 4.62. The summed E-state index contributed by atoms with van der Waals surface area (Å²) in [6, 6.07) is 6.72. The third-order valence-corrected chi connectivity index (χ3v) is 4.92. The molecule has 3 rings (SSSR count). The summed E-state index contributed by atoms with van der Waals surface area (Å²) in [5, 5.41) is 4.18. The molecule has 2 fully saturated rings. The lowest BCUT2D eigenvalue weighted by Crippen LogP contribution is -2.48. The smallest absolute Gasteiger partial charge is 0.137 e. The van der Waals surface area contributed by atoms with Crippen molar-refractivity contribution in [2.45, 2.75) is 19.5 Å². The lowest BCUT2D eigenvalue weighted by atomic mass is 10.1. The van der Waals surface area contributed by atoms with Gasteiger partial charge in [0.05, 0.1) is 18.2 Å². The average molecular weight is 354 g/mol. The topological polar surface area (TPSA) is 37.0 Å². The molecule has 1 aromatic carbocycles. The molecule has 2 heterocycles. The number of halogens is 1. The van der Waals surface area contributed by atoms with Gasteiger partial charge in [0.25, 0.3) is 0 Å². The maximum Gasteiger partial charge on any atom is 0.137 e. The van der Waals surface area contributed by atoms with Gasteiger partial charge in [0.15, 0.2) is 0 Å². The number of hydrogen-bond acceptors (Lipinski definition) is 5. The summed E-state index contributed by atoms with van der Waals surface area (Å²) in [4.78, 5) is 4.82. The van der Waals surface area contributed by atoms with Crippen LogP contribution in [-0.4, -0.2) is 74.9 Å². The SMILES string of the molecule is C[C@@H]1CN(Cc2ccc(OCCN3CCOCC3)c(Cl)c2)CCN1. The molecule has 0 aliphatic carbocycles. The van der Waals surface area contributed by atoms with Crippen LogP contribution in [0.3, 0.4) is 0 Å². The Hall–Kier alpha value is -0.850. The fraction of sp³-hybridized carbons (Fsp3) is 0.667. The first kappa shape index (κ1) is 18.0. The van der Waals surface area contributed by atoms with Gasteiger partial charge in [0.2, 0.25) is 0 Å². The molecule has 6 heteroatoms. The minimum absolute atomic E-state index is 0.553. The molecule has 1 atom stereocenters. The predicted octanol–water partition coefficient (Wildman–Crippen LogP) is 1.84. The summed E-state index contributed by atoms with van der Waals surface area (Å²) in [6.45, 7) is 11.6. The Bertz CT molecular complexity index is 523. The van der Waals surface area contributed by atoms with E-state index >= 15 is 0 Å². The lowest BCUT2D eigenvalue weighted by Gasteiger charge is -2.31. The van der Waals surface area contributed by atoms with Gasteiger partial charge in [-0.3, -0.25) is 9.80 Å². The van der Waals surface area contributed by atoms with Crippen LogP contribution in [0.2, 0.25) is 5.02 Å². The molecule has 1 N–H and O–H groups in total. The molecule has 0 amide bonds. The Morgan fingerprint density at radius 2 is 2.08 bits per heavy atom. The van der Waals surface area contributed by atoms with Gasteiger partial charge in [-0.1, -0.05) is 17.7 Å². The van der Waals surface area contributed by atoms with Crippen molar-refractivity contribution in [3.8, 4) is 5.75 Å². The van der Waals surface area contributed by atoms with E-state index < -0.39 is 0 Å². The number of piperazine rings is 1. The van der Waals surface area contributed by atoms with Crippen LogP contribution >= 0.6 is 11.6 Å². The minimum atomic E-state index is 0.553. The molecule has 0 unspecified atom stereocenters. The maximum absolute atomic E-state index is 6.41. The zero-order valence-corrected chi connectivity index (χ0v) is 15.2.